The standard InChI is InChI=1S/C15H22N2O/c1-17-7-6-14(9-17)15(10-18-11-15)13-4-2-12(8-16)3-5-13/h2-5,14H,6-11,16H2,1H3. The molecule has 0 aromatic heterocycles. The molecule has 2 fully saturated rings. The fourth-order valence-electron chi connectivity index (χ4n) is 3.32. The van der Waals surface area contributed by atoms with Crippen LogP contribution >= 0.6 is 0 Å². The van der Waals surface area contributed by atoms with Crippen LogP contribution in [0.15, 0.2) is 24.3 Å². The van der Waals surface area contributed by atoms with Crippen molar-refractivity contribution in [3.8, 4) is 0 Å². The quantitative estimate of drug-likeness (QED) is 0.875. The van der Waals surface area contributed by atoms with Gasteiger partial charge in [0, 0.05) is 18.5 Å². The van der Waals surface area contributed by atoms with Gasteiger partial charge in [-0.2, -0.15) is 0 Å². The van der Waals surface area contributed by atoms with Crippen LogP contribution in [0.1, 0.15) is 17.5 Å². The zero-order valence-electron chi connectivity index (χ0n) is 11.1. The fraction of sp³-hybridized carbons (Fsp3) is 0.600. The predicted molar refractivity (Wildman–Crippen MR) is 72.4 cm³/mol. The largest absolute Gasteiger partial charge is 0.379 e. The van der Waals surface area contributed by atoms with Gasteiger partial charge in [-0.1, -0.05) is 24.3 Å². The minimum absolute atomic E-state index is 0.262. The van der Waals surface area contributed by atoms with Gasteiger partial charge in [-0.15, -0.1) is 0 Å². The molecule has 3 rings (SSSR count). The summed E-state index contributed by atoms with van der Waals surface area (Å²) in [5, 5.41) is 0. The summed E-state index contributed by atoms with van der Waals surface area (Å²) in [5.74, 6) is 0.736. The van der Waals surface area contributed by atoms with Crippen molar-refractivity contribution in [3.63, 3.8) is 0 Å². The van der Waals surface area contributed by atoms with E-state index in [0.29, 0.717) is 6.54 Å². The van der Waals surface area contributed by atoms with Gasteiger partial charge in [0.1, 0.15) is 0 Å². The van der Waals surface area contributed by atoms with Gasteiger partial charge in [-0.05, 0) is 37.1 Å². The molecule has 1 atom stereocenters. The van der Waals surface area contributed by atoms with Crippen molar-refractivity contribution in [1.29, 1.82) is 0 Å². The van der Waals surface area contributed by atoms with Crippen LogP contribution in [-0.4, -0.2) is 38.3 Å². The van der Waals surface area contributed by atoms with Crippen LogP contribution in [0.2, 0.25) is 0 Å². The summed E-state index contributed by atoms with van der Waals surface area (Å²) in [6.45, 7) is 4.80. The topological polar surface area (TPSA) is 38.5 Å². The molecule has 3 nitrogen and oxygen atoms in total. The number of likely N-dealkylation sites (tertiary alicyclic amines) is 1. The number of ether oxygens (including phenoxy) is 1. The molecule has 0 aliphatic carbocycles. The first-order chi connectivity index (χ1) is 8.74. The van der Waals surface area contributed by atoms with Gasteiger partial charge in [0.2, 0.25) is 0 Å². The number of rotatable bonds is 3. The molecule has 3 heteroatoms. The second-order valence-corrected chi connectivity index (χ2v) is 5.80. The third kappa shape index (κ3) is 1.87. The number of hydrogen-bond acceptors (Lipinski definition) is 3. The van der Waals surface area contributed by atoms with Crippen molar-refractivity contribution in [1.82, 2.24) is 4.90 Å². The summed E-state index contributed by atoms with van der Waals surface area (Å²) in [6.07, 6.45) is 1.29. The lowest BCUT2D eigenvalue weighted by atomic mass is 9.68. The van der Waals surface area contributed by atoms with Crippen LogP contribution in [0.25, 0.3) is 0 Å². The number of benzene rings is 1. The van der Waals surface area contributed by atoms with Crippen molar-refractivity contribution >= 4 is 0 Å². The zero-order chi connectivity index (χ0) is 12.6. The Morgan fingerprint density at radius 2 is 2.06 bits per heavy atom. The summed E-state index contributed by atoms with van der Waals surface area (Å²) in [4.78, 5) is 2.43. The smallest absolute Gasteiger partial charge is 0.0588 e. The van der Waals surface area contributed by atoms with Gasteiger partial charge >= 0.3 is 0 Å². The highest BCUT2D eigenvalue weighted by Gasteiger charge is 2.48. The van der Waals surface area contributed by atoms with Crippen molar-refractivity contribution in [2.24, 2.45) is 11.7 Å². The Bertz CT molecular complexity index is 411. The molecule has 0 saturated carbocycles. The Morgan fingerprint density at radius 3 is 2.50 bits per heavy atom. The first-order valence-electron chi connectivity index (χ1n) is 6.80. The molecule has 2 saturated heterocycles. The monoisotopic (exact) mass is 246 g/mol. The first-order valence-corrected chi connectivity index (χ1v) is 6.80. The van der Waals surface area contributed by atoms with E-state index in [4.69, 9.17) is 10.5 Å². The molecule has 2 N–H and O–H groups in total. The van der Waals surface area contributed by atoms with Crippen molar-refractivity contribution in [2.75, 3.05) is 33.4 Å². The lowest BCUT2D eigenvalue weighted by Crippen LogP contribution is -2.53. The highest BCUT2D eigenvalue weighted by atomic mass is 16.5. The van der Waals surface area contributed by atoms with E-state index in [1.54, 1.807) is 0 Å². The summed E-state index contributed by atoms with van der Waals surface area (Å²) >= 11 is 0. The predicted octanol–water partition coefficient (Wildman–Crippen LogP) is 1.37. The molecule has 0 amide bonds. The number of nitrogens with zero attached hydrogens (tertiary/aromatic N) is 1. The minimum atomic E-state index is 0.262. The third-order valence-corrected chi connectivity index (χ3v) is 4.66. The fourth-order valence-corrected chi connectivity index (χ4v) is 3.32. The molecule has 2 aliphatic heterocycles. The molecule has 2 heterocycles. The third-order valence-electron chi connectivity index (χ3n) is 4.66. The Labute approximate surface area is 109 Å². The minimum Gasteiger partial charge on any atom is -0.379 e. The van der Waals surface area contributed by atoms with Gasteiger partial charge in [0.05, 0.1) is 13.2 Å². The van der Waals surface area contributed by atoms with Crippen molar-refractivity contribution in [3.05, 3.63) is 35.4 Å². The normalized spacial score (nSPS) is 27.1. The molecule has 0 bridgehead atoms. The average Bonchev–Trinajstić information content (AvgIpc) is 2.76. The van der Waals surface area contributed by atoms with Crippen LogP contribution in [-0.2, 0) is 16.7 Å². The summed E-state index contributed by atoms with van der Waals surface area (Å²) in [6, 6.07) is 8.83. The molecule has 1 aromatic rings. The average molecular weight is 246 g/mol. The Morgan fingerprint density at radius 1 is 1.33 bits per heavy atom. The molecule has 0 spiro atoms. The van der Waals surface area contributed by atoms with E-state index in [1.807, 2.05) is 0 Å². The maximum Gasteiger partial charge on any atom is 0.0588 e. The number of nitrogens with two attached hydrogens (primary N) is 1. The van der Waals surface area contributed by atoms with Crippen molar-refractivity contribution in [2.45, 2.75) is 18.4 Å². The van der Waals surface area contributed by atoms with Gasteiger partial charge in [0.25, 0.3) is 0 Å². The molecule has 98 valence electrons. The first kappa shape index (κ1) is 12.2. The van der Waals surface area contributed by atoms with E-state index in [-0.39, 0.29) is 5.41 Å². The molecular weight excluding hydrogens is 224 g/mol. The zero-order valence-corrected chi connectivity index (χ0v) is 11.1. The second-order valence-electron chi connectivity index (χ2n) is 5.80. The van der Waals surface area contributed by atoms with Crippen LogP contribution in [0.4, 0.5) is 0 Å². The van der Waals surface area contributed by atoms with Gasteiger partial charge in [-0.25, -0.2) is 0 Å². The lowest BCUT2D eigenvalue weighted by molar-refractivity contribution is -0.0883. The lowest BCUT2D eigenvalue weighted by Gasteiger charge is -2.46. The summed E-state index contributed by atoms with van der Waals surface area (Å²) in [5.41, 5.74) is 8.57. The van der Waals surface area contributed by atoms with Crippen LogP contribution in [0.3, 0.4) is 0 Å². The Hall–Kier alpha value is -0.900. The molecule has 18 heavy (non-hydrogen) atoms. The molecular formula is C15H22N2O. The SMILES string of the molecule is CN1CCC(C2(c3ccc(CN)cc3)COC2)C1. The maximum absolute atomic E-state index is 5.66. The van der Waals surface area contributed by atoms with Gasteiger partial charge in [0.15, 0.2) is 0 Å². The van der Waals surface area contributed by atoms with E-state index in [1.165, 1.54) is 30.6 Å². The molecule has 0 radical (unpaired) electrons. The van der Waals surface area contributed by atoms with E-state index in [0.717, 1.165) is 19.1 Å². The molecule has 2 aliphatic rings. The Kier molecular flexibility index (Phi) is 3.14. The van der Waals surface area contributed by atoms with E-state index < -0.39 is 0 Å². The highest BCUT2D eigenvalue weighted by molar-refractivity contribution is 5.32. The number of hydrogen-bond donors (Lipinski definition) is 1. The molecule has 1 aromatic carbocycles. The van der Waals surface area contributed by atoms with Crippen molar-refractivity contribution < 1.29 is 4.74 Å². The van der Waals surface area contributed by atoms with E-state index in [2.05, 4.69) is 36.2 Å². The van der Waals surface area contributed by atoms with Gasteiger partial charge in [-0.3, -0.25) is 0 Å². The summed E-state index contributed by atoms with van der Waals surface area (Å²) < 4.78 is 5.55. The summed E-state index contributed by atoms with van der Waals surface area (Å²) in [7, 11) is 2.21. The second kappa shape index (κ2) is 4.65. The van der Waals surface area contributed by atoms with Crippen LogP contribution in [0, 0.1) is 5.92 Å². The van der Waals surface area contributed by atoms with Crippen LogP contribution < -0.4 is 5.73 Å². The van der Waals surface area contributed by atoms with E-state index >= 15 is 0 Å². The molecule has 1 unspecified atom stereocenters. The van der Waals surface area contributed by atoms with Crippen LogP contribution in [0.5, 0.6) is 0 Å². The van der Waals surface area contributed by atoms with Gasteiger partial charge < -0.3 is 15.4 Å². The highest BCUT2D eigenvalue weighted by Crippen LogP contribution is 2.43. The van der Waals surface area contributed by atoms with E-state index in [9.17, 15) is 0 Å². The maximum atomic E-state index is 5.66. The Balaban J connectivity index is 1.86.